The largest absolute Gasteiger partial charge is 0.241 e. The van der Waals surface area contributed by atoms with Gasteiger partial charge < -0.3 is 0 Å². The lowest BCUT2D eigenvalue weighted by Gasteiger charge is -2.05. The van der Waals surface area contributed by atoms with Crippen LogP contribution in [-0.2, 0) is 12.8 Å². The van der Waals surface area contributed by atoms with Gasteiger partial charge in [-0.25, -0.2) is 9.97 Å². The lowest BCUT2D eigenvalue weighted by Crippen LogP contribution is -1.87. The molecule has 3 aromatic rings. The van der Waals surface area contributed by atoms with Crippen LogP contribution in [0.4, 0.5) is 4.39 Å². The Morgan fingerprint density at radius 2 is 1.91 bits per heavy atom. The van der Waals surface area contributed by atoms with Crippen molar-refractivity contribution >= 4 is 11.3 Å². The third kappa shape index (κ3) is 2.92. The summed E-state index contributed by atoms with van der Waals surface area (Å²) in [6, 6.07) is 11.7. The average molecular weight is 312 g/mol. The predicted octanol–water partition coefficient (Wildman–Crippen LogP) is 5.14. The number of hydrogen-bond acceptors (Lipinski definition) is 3. The van der Waals surface area contributed by atoms with E-state index < -0.39 is 5.95 Å². The summed E-state index contributed by atoms with van der Waals surface area (Å²) in [7, 11) is 0. The Hall–Kier alpha value is -2.07. The minimum absolute atomic E-state index is 0.461. The smallest absolute Gasteiger partial charge is 0.213 e. The molecule has 4 heteroatoms. The summed E-state index contributed by atoms with van der Waals surface area (Å²) in [6.45, 7) is 4.22. The molecule has 112 valence electrons. The standard InChI is InChI=1S/C18H17FN2S/c1-3-12-6-5-7-13(10-12)17-18(22-16(4-2)21-17)14-8-9-20-15(19)11-14/h5-11H,3-4H2,1-2H3. The van der Waals surface area contributed by atoms with Crippen LogP contribution in [0.15, 0.2) is 42.6 Å². The fraction of sp³-hybridized carbons (Fsp3) is 0.222. The molecule has 1 aromatic carbocycles. The summed E-state index contributed by atoms with van der Waals surface area (Å²) in [4.78, 5) is 9.40. The van der Waals surface area contributed by atoms with Crippen molar-refractivity contribution in [2.75, 3.05) is 0 Å². The quantitative estimate of drug-likeness (QED) is 0.624. The average Bonchev–Trinajstić information content (AvgIpc) is 2.99. The topological polar surface area (TPSA) is 25.8 Å². The second kappa shape index (κ2) is 6.36. The van der Waals surface area contributed by atoms with Gasteiger partial charge >= 0.3 is 0 Å². The van der Waals surface area contributed by atoms with Gasteiger partial charge in [-0.05, 0) is 36.1 Å². The van der Waals surface area contributed by atoms with Crippen LogP contribution < -0.4 is 0 Å². The fourth-order valence-corrected chi connectivity index (χ4v) is 3.41. The Morgan fingerprint density at radius 1 is 1.05 bits per heavy atom. The lowest BCUT2D eigenvalue weighted by atomic mass is 10.0. The number of halogens is 1. The molecule has 0 aliphatic heterocycles. The van der Waals surface area contributed by atoms with Crippen LogP contribution in [0.5, 0.6) is 0 Å². The van der Waals surface area contributed by atoms with Crippen molar-refractivity contribution in [3.63, 3.8) is 0 Å². The maximum atomic E-state index is 13.5. The number of benzene rings is 1. The molecule has 22 heavy (non-hydrogen) atoms. The molecule has 2 aromatic heterocycles. The molecular formula is C18H17FN2S. The maximum absolute atomic E-state index is 13.5. The van der Waals surface area contributed by atoms with Crippen molar-refractivity contribution in [3.05, 3.63) is 59.1 Å². The van der Waals surface area contributed by atoms with E-state index in [4.69, 9.17) is 4.98 Å². The summed E-state index contributed by atoms with van der Waals surface area (Å²) in [5.41, 5.74) is 4.13. The van der Waals surface area contributed by atoms with E-state index in [1.807, 2.05) is 6.07 Å². The van der Waals surface area contributed by atoms with E-state index in [0.29, 0.717) is 0 Å². The van der Waals surface area contributed by atoms with Crippen LogP contribution in [-0.4, -0.2) is 9.97 Å². The second-order valence-corrected chi connectivity index (χ2v) is 6.14. The molecule has 0 spiro atoms. The van der Waals surface area contributed by atoms with Gasteiger partial charge in [0.1, 0.15) is 0 Å². The number of aromatic nitrogens is 2. The van der Waals surface area contributed by atoms with Crippen molar-refractivity contribution in [3.8, 4) is 21.7 Å². The summed E-state index contributed by atoms with van der Waals surface area (Å²) in [6.07, 6.45) is 3.36. The van der Waals surface area contributed by atoms with E-state index in [0.717, 1.165) is 39.5 Å². The van der Waals surface area contributed by atoms with Crippen LogP contribution in [0.2, 0.25) is 0 Å². The van der Waals surface area contributed by atoms with E-state index in [2.05, 4.69) is 43.1 Å². The zero-order valence-corrected chi connectivity index (χ0v) is 13.5. The molecule has 0 fully saturated rings. The van der Waals surface area contributed by atoms with Crippen LogP contribution >= 0.6 is 11.3 Å². The van der Waals surface area contributed by atoms with Crippen LogP contribution in [0, 0.1) is 5.95 Å². The van der Waals surface area contributed by atoms with E-state index in [1.165, 1.54) is 17.8 Å². The van der Waals surface area contributed by atoms with Gasteiger partial charge in [0.15, 0.2) is 0 Å². The molecule has 0 saturated carbocycles. The van der Waals surface area contributed by atoms with Gasteiger partial charge in [0.25, 0.3) is 0 Å². The number of aryl methyl sites for hydroxylation is 2. The first-order valence-corrected chi connectivity index (χ1v) is 8.23. The molecule has 2 heterocycles. The highest BCUT2D eigenvalue weighted by molar-refractivity contribution is 7.15. The minimum atomic E-state index is -0.461. The zero-order chi connectivity index (χ0) is 15.5. The van der Waals surface area contributed by atoms with Crippen molar-refractivity contribution in [2.45, 2.75) is 26.7 Å². The number of hydrogen-bond donors (Lipinski definition) is 0. The van der Waals surface area contributed by atoms with Gasteiger partial charge in [0.05, 0.1) is 15.6 Å². The molecule has 2 nitrogen and oxygen atoms in total. The van der Waals surface area contributed by atoms with Gasteiger partial charge in [-0.15, -0.1) is 11.3 Å². The van der Waals surface area contributed by atoms with Crippen LogP contribution in [0.1, 0.15) is 24.4 Å². The Morgan fingerprint density at radius 3 is 2.64 bits per heavy atom. The van der Waals surface area contributed by atoms with E-state index in [9.17, 15) is 4.39 Å². The highest BCUT2D eigenvalue weighted by Crippen LogP contribution is 2.37. The molecule has 3 rings (SSSR count). The molecule has 0 bridgehead atoms. The number of nitrogens with zero attached hydrogens (tertiary/aromatic N) is 2. The third-order valence-electron chi connectivity index (χ3n) is 3.57. The van der Waals surface area contributed by atoms with Crippen molar-refractivity contribution in [2.24, 2.45) is 0 Å². The Kier molecular flexibility index (Phi) is 4.29. The first-order chi connectivity index (χ1) is 10.7. The Bertz CT molecular complexity index is 795. The van der Waals surface area contributed by atoms with Gasteiger partial charge in [0.2, 0.25) is 5.95 Å². The van der Waals surface area contributed by atoms with E-state index in [-0.39, 0.29) is 0 Å². The lowest BCUT2D eigenvalue weighted by molar-refractivity contribution is 0.584. The normalized spacial score (nSPS) is 10.9. The molecule has 0 N–H and O–H groups in total. The van der Waals surface area contributed by atoms with Crippen molar-refractivity contribution in [1.29, 1.82) is 0 Å². The zero-order valence-electron chi connectivity index (χ0n) is 12.6. The molecule has 0 radical (unpaired) electrons. The molecule has 0 aliphatic rings. The fourth-order valence-electron chi connectivity index (χ4n) is 2.39. The molecule has 0 amide bonds. The van der Waals surface area contributed by atoms with Crippen molar-refractivity contribution in [1.82, 2.24) is 9.97 Å². The van der Waals surface area contributed by atoms with Gasteiger partial charge in [-0.1, -0.05) is 32.0 Å². The predicted molar refractivity (Wildman–Crippen MR) is 89.5 cm³/mol. The van der Waals surface area contributed by atoms with Crippen LogP contribution in [0.3, 0.4) is 0 Å². The number of pyridine rings is 1. The minimum Gasteiger partial charge on any atom is -0.241 e. The summed E-state index contributed by atoms with van der Waals surface area (Å²) >= 11 is 1.62. The van der Waals surface area contributed by atoms with Crippen molar-refractivity contribution < 1.29 is 4.39 Å². The first-order valence-electron chi connectivity index (χ1n) is 7.42. The van der Waals surface area contributed by atoms with E-state index >= 15 is 0 Å². The van der Waals surface area contributed by atoms with Gasteiger partial charge in [-0.2, -0.15) is 4.39 Å². The first kappa shape index (κ1) is 14.9. The third-order valence-corrected chi connectivity index (χ3v) is 4.82. The summed E-state index contributed by atoms with van der Waals surface area (Å²) in [5.74, 6) is -0.461. The van der Waals surface area contributed by atoms with Gasteiger partial charge in [-0.3, -0.25) is 0 Å². The van der Waals surface area contributed by atoms with E-state index in [1.54, 1.807) is 11.3 Å². The second-order valence-electron chi connectivity index (χ2n) is 5.06. The molecule has 0 aliphatic carbocycles. The highest BCUT2D eigenvalue weighted by atomic mass is 32.1. The highest BCUT2D eigenvalue weighted by Gasteiger charge is 2.15. The maximum Gasteiger partial charge on any atom is 0.213 e. The molecule has 0 atom stereocenters. The summed E-state index contributed by atoms with van der Waals surface area (Å²) in [5, 5.41) is 1.06. The number of rotatable bonds is 4. The van der Waals surface area contributed by atoms with Gasteiger partial charge in [0, 0.05) is 17.8 Å². The Balaban J connectivity index is 2.16. The number of thiazole rings is 1. The molecular weight excluding hydrogens is 295 g/mol. The monoisotopic (exact) mass is 312 g/mol. The van der Waals surface area contributed by atoms with Crippen LogP contribution in [0.25, 0.3) is 21.7 Å². The molecule has 0 saturated heterocycles. The summed E-state index contributed by atoms with van der Waals surface area (Å²) < 4.78 is 13.5. The Labute approximate surface area is 133 Å². The SMILES string of the molecule is CCc1cccc(-c2nc(CC)sc2-c2ccnc(F)c2)c1. The molecule has 0 unspecified atom stereocenters.